The molecule has 2 heterocycles. The monoisotopic (exact) mass is 464 g/mol. The van der Waals surface area contributed by atoms with Crippen molar-refractivity contribution < 1.29 is 22.0 Å². The highest BCUT2D eigenvalue weighted by Gasteiger charge is 2.29. The summed E-state index contributed by atoms with van der Waals surface area (Å²) < 4.78 is 51.5. The van der Waals surface area contributed by atoms with Gasteiger partial charge in [0.15, 0.2) is 20.8 Å². The second-order valence-electron chi connectivity index (χ2n) is 7.08. The van der Waals surface area contributed by atoms with Gasteiger partial charge < -0.3 is 5.32 Å². The zero-order chi connectivity index (χ0) is 22.0. The summed E-state index contributed by atoms with van der Waals surface area (Å²) in [7, 11) is -3.09. The first-order chi connectivity index (χ1) is 14.8. The van der Waals surface area contributed by atoms with Gasteiger partial charge in [-0.05, 0) is 55.0 Å². The normalized spacial score (nSPS) is 17.5. The zero-order valence-electron chi connectivity index (χ0n) is 16.2. The molecule has 1 atom stereocenters. The summed E-state index contributed by atoms with van der Waals surface area (Å²) in [4.78, 5) is 12.3. The first-order valence-electron chi connectivity index (χ1n) is 9.41. The molecule has 1 saturated heterocycles. The SMILES string of the molecule is O=C(CSc1nnc(-c2ccc(F)cc2)n1-c1ccc(F)cc1)N[C@@H]1CCS(=O)(=O)C1. The summed E-state index contributed by atoms with van der Waals surface area (Å²) in [6.45, 7) is 0. The number of nitrogens with zero attached hydrogens (tertiary/aromatic N) is 3. The van der Waals surface area contributed by atoms with Crippen LogP contribution in [0.15, 0.2) is 53.7 Å². The minimum Gasteiger partial charge on any atom is -0.352 e. The average molecular weight is 465 g/mol. The van der Waals surface area contributed by atoms with Crippen molar-refractivity contribution in [2.45, 2.75) is 17.6 Å². The summed E-state index contributed by atoms with van der Waals surface area (Å²) in [5.41, 5.74) is 1.18. The molecule has 0 saturated carbocycles. The third-order valence-corrected chi connectivity index (χ3v) is 7.45. The predicted octanol–water partition coefficient (Wildman–Crippen LogP) is 2.61. The molecule has 1 N–H and O–H groups in total. The van der Waals surface area contributed by atoms with E-state index < -0.39 is 21.5 Å². The van der Waals surface area contributed by atoms with Gasteiger partial charge in [0, 0.05) is 17.3 Å². The van der Waals surface area contributed by atoms with Gasteiger partial charge in [0.2, 0.25) is 5.91 Å². The van der Waals surface area contributed by atoms with E-state index >= 15 is 0 Å². The standard InChI is InChI=1S/C20H18F2N4O3S2/c21-14-3-1-13(2-4-14)19-24-25-20(26(19)17-7-5-15(22)6-8-17)30-11-18(27)23-16-9-10-31(28,29)12-16/h1-8,16H,9-12H2,(H,23,27)/t16-/m1/s1. The highest BCUT2D eigenvalue weighted by molar-refractivity contribution is 7.99. The van der Waals surface area contributed by atoms with Crippen molar-refractivity contribution in [1.29, 1.82) is 0 Å². The van der Waals surface area contributed by atoms with Crippen molar-refractivity contribution in [3.8, 4) is 17.1 Å². The fourth-order valence-corrected chi connectivity index (χ4v) is 5.72. The molecule has 162 valence electrons. The Morgan fingerprint density at radius 1 is 1.06 bits per heavy atom. The highest BCUT2D eigenvalue weighted by atomic mass is 32.2. The van der Waals surface area contributed by atoms with Crippen molar-refractivity contribution in [1.82, 2.24) is 20.1 Å². The second kappa shape index (κ2) is 8.75. The number of amides is 1. The van der Waals surface area contributed by atoms with E-state index in [0.717, 1.165) is 11.8 Å². The maximum Gasteiger partial charge on any atom is 0.230 e. The predicted molar refractivity (Wildman–Crippen MR) is 113 cm³/mol. The largest absolute Gasteiger partial charge is 0.352 e. The van der Waals surface area contributed by atoms with Crippen LogP contribution in [0.3, 0.4) is 0 Å². The van der Waals surface area contributed by atoms with Crippen LogP contribution in [0.25, 0.3) is 17.1 Å². The van der Waals surface area contributed by atoms with Crippen LogP contribution < -0.4 is 5.32 Å². The van der Waals surface area contributed by atoms with E-state index in [2.05, 4.69) is 15.5 Å². The fraction of sp³-hybridized carbons (Fsp3) is 0.250. The van der Waals surface area contributed by atoms with Crippen LogP contribution in [-0.4, -0.2) is 52.4 Å². The lowest BCUT2D eigenvalue weighted by molar-refractivity contribution is -0.119. The smallest absolute Gasteiger partial charge is 0.230 e. The van der Waals surface area contributed by atoms with Crippen LogP contribution in [-0.2, 0) is 14.6 Å². The van der Waals surface area contributed by atoms with Gasteiger partial charge in [-0.1, -0.05) is 11.8 Å². The van der Waals surface area contributed by atoms with Crippen molar-refractivity contribution in [2.75, 3.05) is 17.3 Å². The van der Waals surface area contributed by atoms with Crippen molar-refractivity contribution in [2.24, 2.45) is 0 Å². The second-order valence-corrected chi connectivity index (χ2v) is 10.3. The summed E-state index contributed by atoms with van der Waals surface area (Å²) in [6.07, 6.45) is 0.402. The van der Waals surface area contributed by atoms with Gasteiger partial charge in [-0.15, -0.1) is 10.2 Å². The number of hydrogen-bond acceptors (Lipinski definition) is 6. The molecule has 7 nitrogen and oxygen atoms in total. The number of carbonyl (C=O) groups excluding carboxylic acids is 1. The molecule has 0 aliphatic carbocycles. The molecule has 0 radical (unpaired) electrons. The maximum atomic E-state index is 13.4. The van der Waals surface area contributed by atoms with Gasteiger partial charge in [0.05, 0.1) is 17.3 Å². The molecule has 0 bridgehead atoms. The number of nitrogens with one attached hydrogen (secondary N) is 1. The van der Waals surface area contributed by atoms with Gasteiger partial charge in [-0.2, -0.15) is 0 Å². The summed E-state index contributed by atoms with van der Waals surface area (Å²) in [6, 6.07) is 11.0. The first-order valence-corrected chi connectivity index (χ1v) is 12.2. The molecule has 0 unspecified atom stereocenters. The Morgan fingerprint density at radius 3 is 2.32 bits per heavy atom. The Balaban J connectivity index is 1.56. The van der Waals surface area contributed by atoms with Gasteiger partial charge in [0.1, 0.15) is 11.6 Å². The zero-order valence-corrected chi connectivity index (χ0v) is 17.8. The quantitative estimate of drug-likeness (QED) is 0.564. The van der Waals surface area contributed by atoms with E-state index in [1.54, 1.807) is 28.8 Å². The van der Waals surface area contributed by atoms with E-state index in [0.29, 0.717) is 28.7 Å². The van der Waals surface area contributed by atoms with E-state index in [1.807, 2.05) is 0 Å². The summed E-state index contributed by atoms with van der Waals surface area (Å²) >= 11 is 1.12. The minimum absolute atomic E-state index is 0.000701. The van der Waals surface area contributed by atoms with Gasteiger partial charge >= 0.3 is 0 Å². The molecule has 0 spiro atoms. The molecule has 11 heteroatoms. The topological polar surface area (TPSA) is 93.9 Å². The van der Waals surface area contributed by atoms with Crippen molar-refractivity contribution in [3.05, 3.63) is 60.2 Å². The Morgan fingerprint density at radius 2 is 1.71 bits per heavy atom. The lowest BCUT2D eigenvalue weighted by Crippen LogP contribution is -2.36. The number of sulfone groups is 1. The van der Waals surface area contributed by atoms with Crippen molar-refractivity contribution >= 4 is 27.5 Å². The van der Waals surface area contributed by atoms with Crippen LogP contribution in [0.5, 0.6) is 0 Å². The number of rotatable bonds is 6. The van der Waals surface area contributed by atoms with Gasteiger partial charge in [-0.3, -0.25) is 9.36 Å². The summed E-state index contributed by atoms with van der Waals surface area (Å²) in [5.74, 6) is -0.675. The molecule has 4 rings (SSSR count). The van der Waals surface area contributed by atoms with E-state index in [1.165, 1.54) is 24.3 Å². The number of halogens is 2. The lowest BCUT2D eigenvalue weighted by Gasteiger charge is -2.12. The fourth-order valence-electron chi connectivity index (χ4n) is 3.28. The molecule has 31 heavy (non-hydrogen) atoms. The molecule has 2 aromatic carbocycles. The molecule has 1 aromatic heterocycles. The van der Waals surface area contributed by atoms with Gasteiger partial charge in [0.25, 0.3) is 0 Å². The molecular formula is C20H18F2N4O3S2. The third-order valence-electron chi connectivity index (χ3n) is 4.75. The average Bonchev–Trinajstić information content (AvgIpc) is 3.30. The summed E-state index contributed by atoms with van der Waals surface area (Å²) in [5, 5.41) is 11.5. The Kier molecular flexibility index (Phi) is 6.05. The van der Waals surface area contributed by atoms with Crippen LogP contribution in [0.4, 0.5) is 8.78 Å². The van der Waals surface area contributed by atoms with Crippen molar-refractivity contribution in [3.63, 3.8) is 0 Å². The number of carbonyl (C=O) groups is 1. The van der Waals surface area contributed by atoms with E-state index in [4.69, 9.17) is 0 Å². The van der Waals surface area contributed by atoms with Crippen LogP contribution in [0.1, 0.15) is 6.42 Å². The minimum atomic E-state index is -3.09. The molecule has 1 aliphatic rings. The maximum absolute atomic E-state index is 13.4. The van der Waals surface area contributed by atoms with Crippen LogP contribution in [0.2, 0.25) is 0 Å². The third kappa shape index (κ3) is 5.10. The van der Waals surface area contributed by atoms with Crippen LogP contribution in [0, 0.1) is 11.6 Å². The Labute approximate surface area is 181 Å². The number of benzene rings is 2. The molecule has 3 aromatic rings. The molecule has 1 aliphatic heterocycles. The molecule has 1 amide bonds. The number of thioether (sulfide) groups is 1. The first kappa shape index (κ1) is 21.4. The number of aromatic nitrogens is 3. The van der Waals surface area contributed by atoms with E-state index in [-0.39, 0.29) is 29.2 Å². The number of hydrogen-bond donors (Lipinski definition) is 1. The van der Waals surface area contributed by atoms with Gasteiger partial charge in [-0.25, -0.2) is 17.2 Å². The Bertz CT molecular complexity index is 1200. The lowest BCUT2D eigenvalue weighted by atomic mass is 10.2. The highest BCUT2D eigenvalue weighted by Crippen LogP contribution is 2.28. The molecular weight excluding hydrogens is 446 g/mol. The van der Waals surface area contributed by atoms with E-state index in [9.17, 15) is 22.0 Å². The Hall–Kier alpha value is -2.79. The van der Waals surface area contributed by atoms with Crippen LogP contribution >= 0.6 is 11.8 Å². The molecule has 1 fully saturated rings.